The third-order valence-corrected chi connectivity index (χ3v) is 6.89. The molecule has 3 aromatic carbocycles. The maximum Gasteiger partial charge on any atom is 0.224 e. The van der Waals surface area contributed by atoms with Crippen LogP contribution in [0.25, 0.3) is 0 Å². The van der Waals surface area contributed by atoms with E-state index in [1.807, 2.05) is 12.1 Å². The van der Waals surface area contributed by atoms with Crippen LogP contribution in [-0.2, 0) is 13.1 Å². The number of nitrogens with one attached hydrogen (secondary N) is 2. The second-order valence-electron chi connectivity index (χ2n) is 8.84. The molecule has 0 aliphatic rings. The molecule has 0 aliphatic carbocycles. The molecule has 0 atom stereocenters. The van der Waals surface area contributed by atoms with Crippen molar-refractivity contribution >= 4 is 40.8 Å². The van der Waals surface area contributed by atoms with E-state index in [-0.39, 0.29) is 11.3 Å². The molecule has 1 aromatic heterocycles. The molecular formula is C30H30Cl2N4O6. The first-order chi connectivity index (χ1) is 20.3. The monoisotopic (exact) mass is 612 g/mol. The number of rotatable bonds is 13. The number of nitrogens with zero attached hydrogens (tertiary/aromatic N) is 2. The summed E-state index contributed by atoms with van der Waals surface area (Å²) in [4.78, 5) is 22.8. The Hall–Kier alpha value is -4.41. The molecule has 0 radical (unpaired) electrons. The normalized spacial score (nSPS) is 10.5. The van der Waals surface area contributed by atoms with Crippen molar-refractivity contribution in [2.24, 2.45) is 0 Å². The van der Waals surface area contributed by atoms with Crippen molar-refractivity contribution in [1.29, 1.82) is 0 Å². The Morgan fingerprint density at radius 3 is 1.71 bits per heavy atom. The van der Waals surface area contributed by atoms with Crippen molar-refractivity contribution < 1.29 is 28.5 Å². The van der Waals surface area contributed by atoms with Crippen molar-refractivity contribution in [2.45, 2.75) is 13.1 Å². The fraction of sp³-hybridized carbons (Fsp3) is 0.233. The maximum absolute atomic E-state index is 13.8. The van der Waals surface area contributed by atoms with Crippen molar-refractivity contribution in [1.82, 2.24) is 9.97 Å². The van der Waals surface area contributed by atoms with Gasteiger partial charge in [-0.25, -0.2) is 4.98 Å². The smallest absolute Gasteiger partial charge is 0.224 e. The Balaban J connectivity index is 1.66. The van der Waals surface area contributed by atoms with Crippen LogP contribution >= 0.6 is 23.2 Å². The molecule has 0 unspecified atom stereocenters. The number of benzene rings is 3. The topological polar surface area (TPSA) is 113 Å². The van der Waals surface area contributed by atoms with Gasteiger partial charge in [0.25, 0.3) is 0 Å². The SMILES string of the molecule is COc1ccc(CNc2ncc(C(=O)c3cc(OC)c(OC)c(OC)c3)c(NCc3ccc(OC)c(Cl)c3)n2)cc1Cl. The van der Waals surface area contributed by atoms with E-state index in [2.05, 4.69) is 20.6 Å². The van der Waals surface area contributed by atoms with Gasteiger partial charge in [-0.05, 0) is 47.5 Å². The Labute approximate surface area is 253 Å². The van der Waals surface area contributed by atoms with E-state index in [0.717, 1.165) is 11.1 Å². The van der Waals surface area contributed by atoms with Crippen molar-refractivity contribution in [3.63, 3.8) is 0 Å². The zero-order valence-electron chi connectivity index (χ0n) is 23.7. The average Bonchev–Trinajstić information content (AvgIpc) is 3.01. The highest BCUT2D eigenvalue weighted by Gasteiger charge is 2.22. The lowest BCUT2D eigenvalue weighted by molar-refractivity contribution is 0.103. The lowest BCUT2D eigenvalue weighted by atomic mass is 10.0. The molecule has 10 nitrogen and oxygen atoms in total. The van der Waals surface area contributed by atoms with Gasteiger partial charge in [-0.15, -0.1) is 0 Å². The van der Waals surface area contributed by atoms with Crippen molar-refractivity contribution in [3.05, 3.63) is 87.0 Å². The Morgan fingerprint density at radius 1 is 0.714 bits per heavy atom. The quantitative estimate of drug-likeness (QED) is 0.167. The van der Waals surface area contributed by atoms with Crippen LogP contribution in [0, 0.1) is 0 Å². The number of ketones is 1. The maximum atomic E-state index is 13.8. The molecule has 0 saturated heterocycles. The van der Waals surface area contributed by atoms with Gasteiger partial charge in [-0.2, -0.15) is 4.98 Å². The molecule has 4 rings (SSSR count). The summed E-state index contributed by atoms with van der Waals surface area (Å²) in [6.45, 7) is 0.710. The van der Waals surface area contributed by atoms with Crippen molar-refractivity contribution in [3.8, 4) is 28.7 Å². The van der Waals surface area contributed by atoms with Crippen molar-refractivity contribution in [2.75, 3.05) is 46.2 Å². The number of aromatic nitrogens is 2. The van der Waals surface area contributed by atoms with Gasteiger partial charge >= 0.3 is 0 Å². The molecule has 220 valence electrons. The highest BCUT2D eigenvalue weighted by molar-refractivity contribution is 6.32. The van der Waals surface area contributed by atoms with E-state index in [0.29, 0.717) is 69.2 Å². The summed E-state index contributed by atoms with van der Waals surface area (Å²) in [6, 6.07) is 14.0. The molecular weight excluding hydrogens is 583 g/mol. The molecule has 0 spiro atoms. The van der Waals surface area contributed by atoms with E-state index in [9.17, 15) is 4.79 Å². The minimum atomic E-state index is -0.349. The first-order valence-electron chi connectivity index (χ1n) is 12.7. The predicted molar refractivity (Wildman–Crippen MR) is 162 cm³/mol. The van der Waals surface area contributed by atoms with Gasteiger partial charge in [0.1, 0.15) is 17.3 Å². The third kappa shape index (κ3) is 6.89. The lowest BCUT2D eigenvalue weighted by Crippen LogP contribution is -2.13. The average molecular weight is 613 g/mol. The second-order valence-corrected chi connectivity index (χ2v) is 9.66. The minimum Gasteiger partial charge on any atom is -0.495 e. The zero-order valence-corrected chi connectivity index (χ0v) is 25.2. The number of methoxy groups -OCH3 is 5. The molecule has 1 heterocycles. The third-order valence-electron chi connectivity index (χ3n) is 6.30. The van der Waals surface area contributed by atoms with Crippen LogP contribution in [0.3, 0.4) is 0 Å². The summed E-state index contributed by atoms with van der Waals surface area (Å²) in [5.41, 5.74) is 2.29. The Morgan fingerprint density at radius 2 is 1.24 bits per heavy atom. The summed E-state index contributed by atoms with van der Waals surface area (Å²) in [5, 5.41) is 7.39. The van der Waals surface area contributed by atoms with Gasteiger partial charge in [0.05, 0.1) is 51.2 Å². The van der Waals surface area contributed by atoms with Gasteiger partial charge in [-0.3, -0.25) is 4.79 Å². The summed E-state index contributed by atoms with van der Waals surface area (Å²) in [5.74, 6) is 2.48. The van der Waals surface area contributed by atoms with Crippen LogP contribution in [0.5, 0.6) is 28.7 Å². The fourth-order valence-corrected chi connectivity index (χ4v) is 4.70. The molecule has 2 N–H and O–H groups in total. The summed E-state index contributed by atoms with van der Waals surface area (Å²) in [7, 11) is 7.57. The number of anilines is 2. The molecule has 0 bridgehead atoms. The minimum absolute atomic E-state index is 0.238. The van der Waals surface area contributed by atoms with Crippen LogP contribution in [0.1, 0.15) is 27.0 Å². The van der Waals surface area contributed by atoms with Crippen LogP contribution in [0.4, 0.5) is 11.8 Å². The predicted octanol–water partition coefficient (Wildman–Crippen LogP) is 6.28. The number of carbonyl (C=O) groups excluding carboxylic acids is 1. The van der Waals surface area contributed by atoms with Crippen LogP contribution in [-0.4, -0.2) is 51.3 Å². The van der Waals surface area contributed by atoms with Gasteiger partial charge in [0, 0.05) is 24.8 Å². The van der Waals surface area contributed by atoms with E-state index in [1.54, 1.807) is 50.6 Å². The summed E-state index contributed by atoms with van der Waals surface area (Å²) >= 11 is 12.6. The molecule has 0 fully saturated rings. The number of hydrogen-bond donors (Lipinski definition) is 2. The van der Waals surface area contributed by atoms with Gasteiger partial charge < -0.3 is 34.3 Å². The summed E-state index contributed by atoms with van der Waals surface area (Å²) in [6.07, 6.45) is 1.46. The number of hydrogen-bond acceptors (Lipinski definition) is 10. The Bertz CT molecular complexity index is 1560. The summed E-state index contributed by atoms with van der Waals surface area (Å²) < 4.78 is 26.7. The number of ether oxygens (including phenoxy) is 5. The van der Waals surface area contributed by atoms with Crippen LogP contribution < -0.4 is 34.3 Å². The van der Waals surface area contributed by atoms with E-state index in [1.165, 1.54) is 27.5 Å². The van der Waals surface area contributed by atoms with Crippen LogP contribution in [0.15, 0.2) is 54.7 Å². The second kappa shape index (κ2) is 14.0. The van der Waals surface area contributed by atoms with Gasteiger partial charge in [-0.1, -0.05) is 35.3 Å². The first-order valence-corrected chi connectivity index (χ1v) is 13.4. The van der Waals surface area contributed by atoms with Crippen LogP contribution in [0.2, 0.25) is 10.0 Å². The number of carbonyl (C=O) groups is 1. The molecule has 0 saturated carbocycles. The highest BCUT2D eigenvalue weighted by Crippen LogP contribution is 2.39. The Kier molecular flexibility index (Phi) is 10.2. The zero-order chi connectivity index (χ0) is 30.2. The van der Waals surface area contributed by atoms with E-state index in [4.69, 9.17) is 46.9 Å². The highest BCUT2D eigenvalue weighted by atomic mass is 35.5. The molecule has 0 amide bonds. The molecule has 42 heavy (non-hydrogen) atoms. The fourth-order valence-electron chi connectivity index (χ4n) is 4.14. The molecule has 0 aliphatic heterocycles. The standard InChI is InChI=1S/C30H30Cl2N4O6/c1-38-23-8-6-17(10-21(23)31)14-33-29-20(27(37)19-12-25(40-3)28(42-5)26(13-19)41-4)16-35-30(36-29)34-15-18-7-9-24(39-2)22(32)11-18/h6-13,16H,14-15H2,1-5H3,(H2,33,34,35,36). The first kappa shape index (κ1) is 30.5. The van der Waals surface area contributed by atoms with Gasteiger partial charge in [0.15, 0.2) is 17.3 Å². The number of halogens is 2. The largest absolute Gasteiger partial charge is 0.495 e. The lowest BCUT2D eigenvalue weighted by Gasteiger charge is -2.16. The molecule has 4 aromatic rings. The van der Waals surface area contributed by atoms with E-state index < -0.39 is 0 Å². The van der Waals surface area contributed by atoms with E-state index >= 15 is 0 Å². The van der Waals surface area contributed by atoms with Gasteiger partial charge in [0.2, 0.25) is 11.7 Å². The molecule has 12 heteroatoms.